The van der Waals surface area contributed by atoms with E-state index in [-0.39, 0.29) is 5.56 Å². The number of hydrogen-bond acceptors (Lipinski definition) is 4. The zero-order valence-electron chi connectivity index (χ0n) is 13.5. The number of benzene rings is 1. The summed E-state index contributed by atoms with van der Waals surface area (Å²) in [6, 6.07) is 5.68. The molecule has 0 radical (unpaired) electrons. The minimum Gasteiger partial charge on any atom is -0.478 e. The monoisotopic (exact) mass is 319 g/mol. The first-order chi connectivity index (χ1) is 11.6. The average Bonchev–Trinajstić information content (AvgIpc) is 2.61. The molecule has 2 aromatic heterocycles. The van der Waals surface area contributed by atoms with E-state index in [9.17, 15) is 9.90 Å². The molecule has 0 aliphatic rings. The molecule has 0 bridgehead atoms. The van der Waals surface area contributed by atoms with Crippen molar-refractivity contribution >= 4 is 5.97 Å². The smallest absolute Gasteiger partial charge is 0.336 e. The van der Waals surface area contributed by atoms with Gasteiger partial charge in [0.15, 0.2) is 0 Å². The average molecular weight is 319 g/mol. The summed E-state index contributed by atoms with van der Waals surface area (Å²) in [6.07, 6.45) is 8.95. The third kappa shape index (κ3) is 3.01. The molecule has 24 heavy (non-hydrogen) atoms. The molecule has 1 aromatic carbocycles. The predicted octanol–water partition coefficient (Wildman–Crippen LogP) is 3.77. The van der Waals surface area contributed by atoms with E-state index in [0.29, 0.717) is 17.7 Å². The molecule has 0 atom stereocenters. The fourth-order valence-electron chi connectivity index (χ4n) is 2.76. The van der Waals surface area contributed by atoms with Gasteiger partial charge in [0.2, 0.25) is 0 Å². The maximum absolute atomic E-state index is 11.8. The molecule has 3 rings (SSSR count). The van der Waals surface area contributed by atoms with E-state index in [1.165, 1.54) is 0 Å². The van der Waals surface area contributed by atoms with Gasteiger partial charge >= 0.3 is 5.97 Å². The molecular weight excluding hydrogens is 302 g/mol. The van der Waals surface area contributed by atoms with E-state index in [1.54, 1.807) is 37.1 Å². The van der Waals surface area contributed by atoms with Crippen LogP contribution in [0.5, 0.6) is 0 Å². The van der Waals surface area contributed by atoms with Crippen molar-refractivity contribution in [3.8, 4) is 22.4 Å². The lowest BCUT2D eigenvalue weighted by Gasteiger charge is -2.14. The highest BCUT2D eigenvalue weighted by molar-refractivity contribution is 5.98. The highest BCUT2D eigenvalue weighted by Crippen LogP contribution is 2.32. The van der Waals surface area contributed by atoms with Crippen molar-refractivity contribution in [2.45, 2.75) is 20.3 Å². The lowest BCUT2D eigenvalue weighted by molar-refractivity contribution is 0.0697. The van der Waals surface area contributed by atoms with Crippen molar-refractivity contribution in [2.75, 3.05) is 0 Å². The SMILES string of the molecule is CCc1cc(-c2cncc(C)c2)cc(C(=O)O)c1-c1cnccn1. The van der Waals surface area contributed by atoms with Gasteiger partial charge in [-0.2, -0.15) is 0 Å². The van der Waals surface area contributed by atoms with Crippen molar-refractivity contribution in [3.63, 3.8) is 0 Å². The highest BCUT2D eigenvalue weighted by atomic mass is 16.4. The second-order valence-corrected chi connectivity index (χ2v) is 5.56. The first-order valence-corrected chi connectivity index (χ1v) is 7.68. The Kier molecular flexibility index (Phi) is 4.33. The maximum Gasteiger partial charge on any atom is 0.336 e. The first kappa shape index (κ1) is 15.8. The molecule has 5 heteroatoms. The quantitative estimate of drug-likeness (QED) is 0.792. The van der Waals surface area contributed by atoms with Gasteiger partial charge in [-0.1, -0.05) is 13.0 Å². The molecule has 3 aromatic rings. The topological polar surface area (TPSA) is 76.0 Å². The number of carbonyl (C=O) groups is 1. The first-order valence-electron chi connectivity index (χ1n) is 7.68. The third-order valence-electron chi connectivity index (χ3n) is 3.86. The minimum atomic E-state index is -0.979. The van der Waals surface area contributed by atoms with Crippen LogP contribution in [0.15, 0.2) is 49.2 Å². The molecule has 0 aliphatic carbocycles. The summed E-state index contributed by atoms with van der Waals surface area (Å²) >= 11 is 0. The summed E-state index contributed by atoms with van der Waals surface area (Å²) in [5, 5.41) is 9.71. The summed E-state index contributed by atoms with van der Waals surface area (Å²) in [5.41, 5.74) is 5.12. The predicted molar refractivity (Wildman–Crippen MR) is 91.8 cm³/mol. The van der Waals surface area contributed by atoms with E-state index in [0.717, 1.165) is 22.3 Å². The van der Waals surface area contributed by atoms with Crippen LogP contribution in [-0.4, -0.2) is 26.0 Å². The van der Waals surface area contributed by atoms with Crippen LogP contribution in [0.2, 0.25) is 0 Å². The number of rotatable bonds is 4. The van der Waals surface area contributed by atoms with Gasteiger partial charge in [-0.25, -0.2) is 4.79 Å². The van der Waals surface area contributed by atoms with Crippen LogP contribution in [0.4, 0.5) is 0 Å². The summed E-state index contributed by atoms with van der Waals surface area (Å²) in [6.45, 7) is 3.96. The maximum atomic E-state index is 11.8. The Bertz CT molecular complexity index is 892. The number of hydrogen-bond donors (Lipinski definition) is 1. The highest BCUT2D eigenvalue weighted by Gasteiger charge is 2.19. The summed E-state index contributed by atoms with van der Waals surface area (Å²) < 4.78 is 0. The van der Waals surface area contributed by atoms with Crippen LogP contribution >= 0.6 is 0 Å². The lowest BCUT2D eigenvalue weighted by atomic mass is 9.91. The zero-order chi connectivity index (χ0) is 17.1. The molecule has 120 valence electrons. The van der Waals surface area contributed by atoms with Gasteiger partial charge in [0.25, 0.3) is 0 Å². The van der Waals surface area contributed by atoms with Gasteiger partial charge in [-0.05, 0) is 42.2 Å². The van der Waals surface area contributed by atoms with E-state index in [2.05, 4.69) is 15.0 Å². The van der Waals surface area contributed by atoms with Crippen LogP contribution in [0.1, 0.15) is 28.4 Å². The summed E-state index contributed by atoms with van der Waals surface area (Å²) in [4.78, 5) is 24.4. The Hall–Kier alpha value is -3.08. The number of aromatic nitrogens is 3. The van der Waals surface area contributed by atoms with Crippen LogP contribution in [-0.2, 0) is 6.42 Å². The Balaban J connectivity index is 2.26. The van der Waals surface area contributed by atoms with Gasteiger partial charge in [0.1, 0.15) is 0 Å². The van der Waals surface area contributed by atoms with Crippen LogP contribution in [0.25, 0.3) is 22.4 Å². The number of carboxylic acid groups (broad SMARTS) is 1. The van der Waals surface area contributed by atoms with Gasteiger partial charge in [-0.15, -0.1) is 0 Å². The van der Waals surface area contributed by atoms with Crippen LogP contribution in [0.3, 0.4) is 0 Å². The number of nitrogens with zero attached hydrogens (tertiary/aromatic N) is 3. The molecule has 0 amide bonds. The molecule has 0 saturated heterocycles. The third-order valence-corrected chi connectivity index (χ3v) is 3.86. The van der Waals surface area contributed by atoms with Crippen LogP contribution in [0, 0.1) is 6.92 Å². The van der Waals surface area contributed by atoms with Gasteiger partial charge < -0.3 is 5.11 Å². The van der Waals surface area contributed by atoms with Gasteiger partial charge in [0, 0.05) is 35.9 Å². The normalized spacial score (nSPS) is 10.6. The van der Waals surface area contributed by atoms with Gasteiger partial charge in [-0.3, -0.25) is 15.0 Å². The summed E-state index contributed by atoms with van der Waals surface area (Å²) in [5.74, 6) is -0.979. The summed E-state index contributed by atoms with van der Waals surface area (Å²) in [7, 11) is 0. The fourth-order valence-corrected chi connectivity index (χ4v) is 2.76. The fraction of sp³-hybridized carbons (Fsp3) is 0.158. The van der Waals surface area contributed by atoms with Crippen molar-refractivity contribution in [1.82, 2.24) is 15.0 Å². The lowest BCUT2D eigenvalue weighted by Crippen LogP contribution is -2.05. The number of aryl methyl sites for hydroxylation is 2. The molecule has 0 saturated carbocycles. The molecule has 0 fully saturated rings. The molecular formula is C19H17N3O2. The Morgan fingerprint density at radius 3 is 2.50 bits per heavy atom. The van der Waals surface area contributed by atoms with E-state index in [4.69, 9.17) is 0 Å². The number of aromatic carboxylic acids is 1. The Morgan fingerprint density at radius 1 is 1.04 bits per heavy atom. The van der Waals surface area contributed by atoms with E-state index >= 15 is 0 Å². The molecule has 5 nitrogen and oxygen atoms in total. The van der Waals surface area contributed by atoms with Crippen molar-refractivity contribution in [2.24, 2.45) is 0 Å². The van der Waals surface area contributed by atoms with Crippen molar-refractivity contribution < 1.29 is 9.90 Å². The largest absolute Gasteiger partial charge is 0.478 e. The van der Waals surface area contributed by atoms with Crippen molar-refractivity contribution in [3.05, 3.63) is 65.9 Å². The standard InChI is InChI=1S/C19H17N3O2/c1-3-13-7-14(15-6-12(2)9-21-10-15)8-16(19(23)24)18(13)17-11-20-4-5-22-17/h4-11H,3H2,1-2H3,(H,23,24). The molecule has 1 N–H and O–H groups in total. The van der Waals surface area contributed by atoms with Crippen LogP contribution < -0.4 is 0 Å². The second kappa shape index (κ2) is 6.58. The molecule has 0 unspecified atom stereocenters. The number of pyridine rings is 1. The molecule has 0 aliphatic heterocycles. The zero-order valence-corrected chi connectivity index (χ0v) is 13.5. The van der Waals surface area contributed by atoms with Gasteiger partial charge in [0.05, 0.1) is 17.5 Å². The Labute approximate surface area is 140 Å². The minimum absolute atomic E-state index is 0.228. The number of carboxylic acids is 1. The Morgan fingerprint density at radius 2 is 1.88 bits per heavy atom. The second-order valence-electron chi connectivity index (χ2n) is 5.56. The molecule has 0 spiro atoms. The molecule has 2 heterocycles. The van der Waals surface area contributed by atoms with E-state index < -0.39 is 5.97 Å². The van der Waals surface area contributed by atoms with Crippen molar-refractivity contribution in [1.29, 1.82) is 0 Å². The van der Waals surface area contributed by atoms with E-state index in [1.807, 2.05) is 26.0 Å².